The Kier molecular flexibility index (Phi) is 6.16. The lowest BCUT2D eigenvalue weighted by Gasteiger charge is -2.40. The quantitative estimate of drug-likeness (QED) is 0.325. The highest BCUT2D eigenvalue weighted by molar-refractivity contribution is 5.86. The molecule has 0 aromatic carbocycles. The maximum atomic E-state index is 13.0. The van der Waals surface area contributed by atoms with Crippen LogP contribution < -0.4 is 5.32 Å². The van der Waals surface area contributed by atoms with Crippen molar-refractivity contribution in [3.8, 4) is 0 Å². The van der Waals surface area contributed by atoms with Crippen LogP contribution in [0.4, 0.5) is 13.2 Å². The van der Waals surface area contributed by atoms with Gasteiger partial charge in [0.25, 0.3) is 0 Å². The summed E-state index contributed by atoms with van der Waals surface area (Å²) in [5.41, 5.74) is -1.95. The Balaban J connectivity index is 3.43. The topological polar surface area (TPSA) is 157 Å². The van der Waals surface area contributed by atoms with Gasteiger partial charge in [-0.15, -0.1) is 0 Å². The van der Waals surface area contributed by atoms with Gasteiger partial charge in [-0.1, -0.05) is 0 Å². The SMILES string of the molecule is CC(=O)N[C@H]1[C@H]([C@H](O)[C@H](O)CO)OC(C(=O)O)=C(C(F)(F)F)[C@@H]1O. The number of amides is 1. The molecule has 6 N–H and O–H groups in total. The van der Waals surface area contributed by atoms with E-state index in [1.807, 2.05) is 5.32 Å². The number of halogens is 3. The number of aliphatic hydroxyl groups is 4. The molecule has 1 heterocycles. The number of hydrogen-bond donors (Lipinski definition) is 6. The van der Waals surface area contributed by atoms with E-state index >= 15 is 0 Å². The zero-order chi connectivity index (χ0) is 18.8. The lowest BCUT2D eigenvalue weighted by atomic mass is 9.88. The molecule has 5 atom stereocenters. The minimum absolute atomic E-state index is 0.904. The summed E-state index contributed by atoms with van der Waals surface area (Å²) in [4.78, 5) is 22.2. The Morgan fingerprint density at radius 2 is 1.88 bits per heavy atom. The van der Waals surface area contributed by atoms with Crippen LogP contribution >= 0.6 is 0 Å². The van der Waals surface area contributed by atoms with Gasteiger partial charge in [0, 0.05) is 6.92 Å². The zero-order valence-corrected chi connectivity index (χ0v) is 12.2. The van der Waals surface area contributed by atoms with Gasteiger partial charge >= 0.3 is 12.1 Å². The molecule has 0 saturated heterocycles. The fourth-order valence-electron chi connectivity index (χ4n) is 2.23. The van der Waals surface area contributed by atoms with Crippen LogP contribution in [0.1, 0.15) is 6.92 Å². The van der Waals surface area contributed by atoms with E-state index in [-0.39, 0.29) is 0 Å². The molecule has 1 aliphatic rings. The van der Waals surface area contributed by atoms with Gasteiger partial charge in [0.05, 0.1) is 12.6 Å². The Hall–Kier alpha value is -1.89. The highest BCUT2D eigenvalue weighted by Crippen LogP contribution is 2.38. The van der Waals surface area contributed by atoms with Crippen molar-refractivity contribution >= 4 is 11.9 Å². The number of alkyl halides is 3. The van der Waals surface area contributed by atoms with Crippen molar-refractivity contribution in [2.45, 2.75) is 43.6 Å². The van der Waals surface area contributed by atoms with Crippen molar-refractivity contribution in [1.82, 2.24) is 5.32 Å². The Morgan fingerprint density at radius 3 is 2.25 bits per heavy atom. The van der Waals surface area contributed by atoms with Gasteiger partial charge in [-0.3, -0.25) is 4.79 Å². The number of carbonyl (C=O) groups is 2. The monoisotopic (exact) mass is 359 g/mol. The van der Waals surface area contributed by atoms with Crippen LogP contribution in [0.3, 0.4) is 0 Å². The molecule has 0 fully saturated rings. The molecular formula is C12H16F3NO8. The molecule has 0 spiro atoms. The summed E-state index contributed by atoms with van der Waals surface area (Å²) < 4.78 is 43.7. The normalized spacial score (nSPS) is 27.2. The molecule has 0 saturated carbocycles. The van der Waals surface area contributed by atoms with E-state index in [9.17, 15) is 38.1 Å². The highest BCUT2D eigenvalue weighted by Gasteiger charge is 2.54. The first-order chi connectivity index (χ1) is 10.9. The van der Waals surface area contributed by atoms with E-state index in [1.165, 1.54) is 0 Å². The Bertz CT molecular complexity index is 535. The van der Waals surface area contributed by atoms with Crippen LogP contribution in [0, 0.1) is 0 Å². The second-order valence-corrected chi connectivity index (χ2v) is 5.04. The first-order valence-electron chi connectivity index (χ1n) is 6.55. The summed E-state index contributed by atoms with van der Waals surface area (Å²) in [6, 6.07) is -1.92. The molecule has 9 nitrogen and oxygen atoms in total. The number of rotatable bonds is 5. The number of aliphatic carboxylic acids is 1. The average molecular weight is 359 g/mol. The standard InChI is InChI=1S/C12H16F3NO8/c1-3(18)16-6-8(21)5(12(13,14)15)9(11(22)23)24-10(6)7(20)4(19)2-17/h4,6-8,10,17,19-21H,2H2,1H3,(H,16,18)(H,22,23)/t4-,6-,7-,8+,10-/m1/s1. The molecule has 138 valence electrons. The summed E-state index contributed by atoms with van der Waals surface area (Å²) >= 11 is 0. The minimum Gasteiger partial charge on any atom is -0.478 e. The van der Waals surface area contributed by atoms with Gasteiger partial charge in [0.2, 0.25) is 11.7 Å². The maximum Gasteiger partial charge on any atom is 0.419 e. The fraction of sp³-hybridized carbons (Fsp3) is 0.667. The number of carboxylic acid groups (broad SMARTS) is 1. The third-order valence-electron chi connectivity index (χ3n) is 3.28. The number of carbonyl (C=O) groups excluding carboxylic acids is 1. The number of nitrogens with one attached hydrogen (secondary N) is 1. The molecule has 0 aliphatic carbocycles. The minimum atomic E-state index is -5.30. The smallest absolute Gasteiger partial charge is 0.419 e. The van der Waals surface area contributed by atoms with Crippen molar-refractivity contribution < 1.29 is 53.0 Å². The number of aliphatic hydroxyl groups excluding tert-OH is 4. The second kappa shape index (κ2) is 7.34. The van der Waals surface area contributed by atoms with Crippen molar-refractivity contribution in [2.24, 2.45) is 0 Å². The predicted octanol–water partition coefficient (Wildman–Crippen LogP) is -2.13. The summed E-state index contributed by atoms with van der Waals surface area (Å²) in [7, 11) is 0. The van der Waals surface area contributed by atoms with Crippen LogP contribution in [-0.4, -0.2) is 80.7 Å². The third kappa shape index (κ3) is 4.14. The van der Waals surface area contributed by atoms with Crippen LogP contribution in [0.25, 0.3) is 0 Å². The molecule has 1 amide bonds. The summed E-state index contributed by atoms with van der Waals surface area (Å²) in [6.07, 6.45) is -13.8. The largest absolute Gasteiger partial charge is 0.478 e. The summed E-state index contributed by atoms with van der Waals surface area (Å²) in [5.74, 6) is -4.75. The molecular weight excluding hydrogens is 343 g/mol. The number of hydrogen-bond acceptors (Lipinski definition) is 7. The predicted molar refractivity (Wildman–Crippen MR) is 68.3 cm³/mol. The fourth-order valence-corrected chi connectivity index (χ4v) is 2.23. The Morgan fingerprint density at radius 1 is 1.33 bits per heavy atom. The molecule has 12 heteroatoms. The lowest BCUT2D eigenvalue weighted by Crippen LogP contribution is -2.62. The summed E-state index contributed by atoms with van der Waals surface area (Å²) in [5, 5.41) is 48.8. The van der Waals surface area contributed by atoms with Gasteiger partial charge in [-0.2, -0.15) is 13.2 Å². The Labute approximate surface area is 133 Å². The zero-order valence-electron chi connectivity index (χ0n) is 12.2. The molecule has 1 aliphatic heterocycles. The third-order valence-corrected chi connectivity index (χ3v) is 3.28. The molecule has 0 aromatic rings. The molecule has 0 unspecified atom stereocenters. The van der Waals surface area contributed by atoms with E-state index in [1.54, 1.807) is 0 Å². The lowest BCUT2D eigenvalue weighted by molar-refractivity contribution is -0.166. The van der Waals surface area contributed by atoms with Gasteiger partial charge in [-0.05, 0) is 0 Å². The van der Waals surface area contributed by atoms with Gasteiger partial charge in [0.1, 0.15) is 23.9 Å². The van der Waals surface area contributed by atoms with Crippen molar-refractivity contribution in [2.75, 3.05) is 6.61 Å². The molecule has 1 rings (SSSR count). The van der Waals surface area contributed by atoms with Crippen LogP contribution in [-0.2, 0) is 14.3 Å². The van der Waals surface area contributed by atoms with Crippen molar-refractivity contribution in [3.05, 3.63) is 11.3 Å². The highest BCUT2D eigenvalue weighted by atomic mass is 19.4. The van der Waals surface area contributed by atoms with Crippen LogP contribution in [0.5, 0.6) is 0 Å². The second-order valence-electron chi connectivity index (χ2n) is 5.04. The van der Waals surface area contributed by atoms with E-state index in [0.717, 1.165) is 6.92 Å². The van der Waals surface area contributed by atoms with Gasteiger partial charge in [0.15, 0.2) is 6.10 Å². The molecule has 24 heavy (non-hydrogen) atoms. The van der Waals surface area contributed by atoms with Gasteiger partial charge in [-0.25, -0.2) is 4.79 Å². The van der Waals surface area contributed by atoms with E-state index in [4.69, 9.17) is 10.2 Å². The number of ether oxygens (including phenoxy) is 1. The summed E-state index contributed by atoms with van der Waals surface area (Å²) in [6.45, 7) is -0.121. The van der Waals surface area contributed by atoms with E-state index < -0.39 is 66.4 Å². The van der Waals surface area contributed by atoms with E-state index in [0.29, 0.717) is 0 Å². The van der Waals surface area contributed by atoms with Crippen molar-refractivity contribution in [3.63, 3.8) is 0 Å². The van der Waals surface area contributed by atoms with E-state index in [2.05, 4.69) is 4.74 Å². The maximum absolute atomic E-state index is 13.0. The first-order valence-corrected chi connectivity index (χ1v) is 6.55. The average Bonchev–Trinajstić information content (AvgIpc) is 2.45. The molecule has 0 bridgehead atoms. The molecule has 0 aromatic heterocycles. The van der Waals surface area contributed by atoms with Crippen LogP contribution in [0.2, 0.25) is 0 Å². The number of carboxylic acids is 1. The first kappa shape index (κ1) is 20.2. The van der Waals surface area contributed by atoms with Crippen molar-refractivity contribution in [1.29, 1.82) is 0 Å². The van der Waals surface area contributed by atoms with Gasteiger partial charge < -0.3 is 35.6 Å². The molecule has 0 radical (unpaired) electrons. The van der Waals surface area contributed by atoms with Crippen LogP contribution in [0.15, 0.2) is 11.3 Å².